The Morgan fingerprint density at radius 1 is 1.27 bits per heavy atom. The zero-order chi connectivity index (χ0) is 15.7. The summed E-state index contributed by atoms with van der Waals surface area (Å²) in [6, 6.07) is 8.03. The number of hydrogen-bond donors (Lipinski definition) is 1. The smallest absolute Gasteiger partial charge is 0.278 e. The normalized spacial score (nSPS) is 10.7. The van der Waals surface area contributed by atoms with Gasteiger partial charge in [0, 0.05) is 10.6 Å². The number of thiophene rings is 1. The SMILES string of the molecule is Cc1ccc(-c2ocnc2C(=O)Nc2ccc(F)cc2C)s1. The van der Waals surface area contributed by atoms with Gasteiger partial charge in [0.25, 0.3) is 5.91 Å². The van der Waals surface area contributed by atoms with E-state index in [1.807, 2.05) is 19.1 Å². The summed E-state index contributed by atoms with van der Waals surface area (Å²) in [4.78, 5) is 18.4. The topological polar surface area (TPSA) is 55.1 Å². The maximum absolute atomic E-state index is 13.1. The molecule has 1 aromatic carbocycles. The summed E-state index contributed by atoms with van der Waals surface area (Å²) in [7, 11) is 0. The van der Waals surface area contributed by atoms with E-state index in [1.54, 1.807) is 6.92 Å². The standard InChI is InChI=1S/C16H13FN2O2S/c1-9-7-11(17)4-5-12(9)19-16(20)14-15(21-8-18-14)13-6-3-10(2)22-13/h3-8H,1-2H3,(H,19,20). The van der Waals surface area contributed by atoms with E-state index in [9.17, 15) is 9.18 Å². The van der Waals surface area contributed by atoms with Crippen molar-refractivity contribution in [2.24, 2.45) is 0 Å². The molecule has 1 N–H and O–H groups in total. The molecule has 22 heavy (non-hydrogen) atoms. The van der Waals surface area contributed by atoms with Gasteiger partial charge in [0.1, 0.15) is 5.82 Å². The molecule has 0 radical (unpaired) electrons. The molecule has 0 saturated carbocycles. The van der Waals surface area contributed by atoms with Crippen molar-refractivity contribution < 1.29 is 13.6 Å². The maximum atomic E-state index is 13.1. The molecule has 0 fully saturated rings. The zero-order valence-electron chi connectivity index (χ0n) is 12.0. The highest BCUT2D eigenvalue weighted by molar-refractivity contribution is 7.15. The van der Waals surface area contributed by atoms with Crippen LogP contribution >= 0.6 is 11.3 Å². The molecule has 6 heteroatoms. The van der Waals surface area contributed by atoms with Crippen LogP contribution < -0.4 is 5.32 Å². The fraction of sp³-hybridized carbons (Fsp3) is 0.125. The second-order valence-electron chi connectivity index (χ2n) is 4.85. The molecule has 1 amide bonds. The maximum Gasteiger partial charge on any atom is 0.278 e. The Balaban J connectivity index is 1.89. The van der Waals surface area contributed by atoms with E-state index < -0.39 is 0 Å². The minimum absolute atomic E-state index is 0.213. The fourth-order valence-electron chi connectivity index (χ4n) is 2.09. The number of carbonyl (C=O) groups excluding carboxylic acids is 1. The fourth-order valence-corrected chi connectivity index (χ4v) is 2.94. The summed E-state index contributed by atoms with van der Waals surface area (Å²) in [6.07, 6.45) is 1.25. The number of benzene rings is 1. The number of anilines is 1. The lowest BCUT2D eigenvalue weighted by molar-refractivity contribution is 0.102. The van der Waals surface area contributed by atoms with Crippen molar-refractivity contribution >= 4 is 22.9 Å². The monoisotopic (exact) mass is 316 g/mol. The largest absolute Gasteiger partial charge is 0.442 e. The molecule has 0 spiro atoms. The van der Waals surface area contributed by atoms with Crippen LogP contribution in [0.25, 0.3) is 10.6 Å². The van der Waals surface area contributed by atoms with Crippen LogP contribution in [0, 0.1) is 19.7 Å². The summed E-state index contributed by atoms with van der Waals surface area (Å²) in [5, 5.41) is 2.73. The molecule has 3 rings (SSSR count). The highest BCUT2D eigenvalue weighted by Crippen LogP contribution is 2.30. The first kappa shape index (κ1) is 14.5. The van der Waals surface area contributed by atoms with Crippen molar-refractivity contribution in [3.05, 3.63) is 58.7 Å². The highest BCUT2D eigenvalue weighted by Gasteiger charge is 2.20. The molecule has 112 valence electrons. The minimum Gasteiger partial charge on any atom is -0.442 e. The van der Waals surface area contributed by atoms with Gasteiger partial charge in [-0.05, 0) is 49.7 Å². The average Bonchev–Trinajstić information content (AvgIpc) is 3.10. The van der Waals surface area contributed by atoms with Crippen molar-refractivity contribution in [3.63, 3.8) is 0 Å². The highest BCUT2D eigenvalue weighted by atomic mass is 32.1. The number of carbonyl (C=O) groups is 1. The zero-order valence-corrected chi connectivity index (χ0v) is 12.8. The molecule has 3 aromatic rings. The second-order valence-corrected chi connectivity index (χ2v) is 6.14. The van der Waals surface area contributed by atoms with E-state index in [2.05, 4.69) is 10.3 Å². The molecule has 0 aliphatic carbocycles. The molecule has 0 bridgehead atoms. The number of nitrogens with zero attached hydrogens (tertiary/aromatic N) is 1. The molecule has 2 heterocycles. The van der Waals surface area contributed by atoms with Gasteiger partial charge in [-0.15, -0.1) is 11.3 Å². The lowest BCUT2D eigenvalue weighted by Gasteiger charge is -2.07. The second kappa shape index (κ2) is 5.73. The number of aromatic nitrogens is 1. The van der Waals surface area contributed by atoms with E-state index in [4.69, 9.17) is 4.42 Å². The summed E-state index contributed by atoms with van der Waals surface area (Å²) in [5.74, 6) is -0.286. The predicted molar refractivity (Wildman–Crippen MR) is 83.6 cm³/mol. The summed E-state index contributed by atoms with van der Waals surface area (Å²) >= 11 is 1.53. The third-order valence-electron chi connectivity index (χ3n) is 3.18. The number of oxazole rings is 1. The van der Waals surface area contributed by atoms with Gasteiger partial charge < -0.3 is 9.73 Å². The summed E-state index contributed by atoms with van der Waals surface area (Å²) in [5.41, 5.74) is 1.40. The van der Waals surface area contributed by atoms with E-state index >= 15 is 0 Å². The van der Waals surface area contributed by atoms with E-state index in [-0.39, 0.29) is 17.4 Å². The van der Waals surface area contributed by atoms with Crippen LogP contribution in [-0.2, 0) is 0 Å². The Morgan fingerprint density at radius 2 is 2.09 bits per heavy atom. The molecular formula is C16H13FN2O2S. The Morgan fingerprint density at radius 3 is 2.77 bits per heavy atom. The molecule has 4 nitrogen and oxygen atoms in total. The number of nitrogens with one attached hydrogen (secondary N) is 1. The van der Waals surface area contributed by atoms with Crippen molar-refractivity contribution in [1.29, 1.82) is 0 Å². The molecule has 0 saturated heterocycles. The van der Waals surface area contributed by atoms with Crippen molar-refractivity contribution in [1.82, 2.24) is 4.98 Å². The Hall–Kier alpha value is -2.47. The third kappa shape index (κ3) is 2.78. The summed E-state index contributed by atoms with van der Waals surface area (Å²) in [6.45, 7) is 3.71. The Bertz CT molecular complexity index is 838. The van der Waals surface area contributed by atoms with Gasteiger partial charge in [-0.2, -0.15) is 0 Å². The molecule has 0 atom stereocenters. The van der Waals surface area contributed by atoms with Gasteiger partial charge in [0.15, 0.2) is 17.8 Å². The number of amides is 1. The predicted octanol–water partition coefficient (Wildman–Crippen LogP) is 4.41. The van der Waals surface area contributed by atoms with Crippen molar-refractivity contribution in [3.8, 4) is 10.6 Å². The van der Waals surface area contributed by atoms with Crippen LogP contribution in [0.15, 0.2) is 41.1 Å². The van der Waals surface area contributed by atoms with Crippen molar-refractivity contribution in [2.45, 2.75) is 13.8 Å². The van der Waals surface area contributed by atoms with Crippen molar-refractivity contribution in [2.75, 3.05) is 5.32 Å². The number of aryl methyl sites for hydroxylation is 2. The van der Waals surface area contributed by atoms with Gasteiger partial charge in [0.05, 0.1) is 4.88 Å². The van der Waals surface area contributed by atoms with Gasteiger partial charge >= 0.3 is 0 Å². The molecule has 0 aliphatic rings. The van der Waals surface area contributed by atoms with Gasteiger partial charge in [-0.25, -0.2) is 9.37 Å². The van der Waals surface area contributed by atoms with Crippen LogP contribution in [0.1, 0.15) is 20.9 Å². The van der Waals surface area contributed by atoms with Crippen LogP contribution in [0.5, 0.6) is 0 Å². The molecule has 2 aromatic heterocycles. The average molecular weight is 316 g/mol. The van der Waals surface area contributed by atoms with E-state index in [0.717, 1.165) is 9.75 Å². The first-order valence-corrected chi connectivity index (χ1v) is 7.44. The Kier molecular flexibility index (Phi) is 3.77. The summed E-state index contributed by atoms with van der Waals surface area (Å²) < 4.78 is 18.5. The molecule has 0 aliphatic heterocycles. The minimum atomic E-state index is -0.385. The molecule has 0 unspecified atom stereocenters. The lowest BCUT2D eigenvalue weighted by atomic mass is 10.2. The van der Waals surface area contributed by atoms with Gasteiger partial charge in [0.2, 0.25) is 0 Å². The lowest BCUT2D eigenvalue weighted by Crippen LogP contribution is -2.14. The first-order chi connectivity index (χ1) is 10.5. The first-order valence-electron chi connectivity index (χ1n) is 6.62. The number of hydrogen-bond acceptors (Lipinski definition) is 4. The number of rotatable bonds is 3. The van der Waals surface area contributed by atoms with Gasteiger partial charge in [-0.1, -0.05) is 0 Å². The van der Waals surface area contributed by atoms with Crippen LogP contribution in [-0.4, -0.2) is 10.9 Å². The third-order valence-corrected chi connectivity index (χ3v) is 4.18. The van der Waals surface area contributed by atoms with Gasteiger partial charge in [-0.3, -0.25) is 4.79 Å². The van der Waals surface area contributed by atoms with Crippen LogP contribution in [0.3, 0.4) is 0 Å². The quantitative estimate of drug-likeness (QED) is 0.778. The van der Waals surface area contributed by atoms with E-state index in [1.165, 1.54) is 35.9 Å². The Labute approximate surface area is 130 Å². The number of halogens is 1. The van der Waals surface area contributed by atoms with Crippen LogP contribution in [0.4, 0.5) is 10.1 Å². The van der Waals surface area contributed by atoms with E-state index in [0.29, 0.717) is 17.0 Å². The molecular weight excluding hydrogens is 303 g/mol. The van der Waals surface area contributed by atoms with Crippen LogP contribution in [0.2, 0.25) is 0 Å².